The lowest BCUT2D eigenvalue weighted by atomic mass is 10.1. The molecule has 43 heavy (non-hydrogen) atoms. The third kappa shape index (κ3) is 35.5. The predicted molar refractivity (Wildman–Crippen MR) is 185 cm³/mol. The number of allylic oxidation sites excluding steroid dienone is 12. The van der Waals surface area contributed by atoms with Crippen molar-refractivity contribution in [3.63, 3.8) is 0 Å². The number of esters is 2. The first-order valence-electron chi connectivity index (χ1n) is 17.4. The maximum Gasteiger partial charge on any atom is 0.305 e. The second-order valence-corrected chi connectivity index (χ2v) is 11.0. The Morgan fingerprint density at radius 3 is 1.12 bits per heavy atom. The summed E-state index contributed by atoms with van der Waals surface area (Å²) in [7, 11) is 0. The molecule has 0 saturated carbocycles. The molecule has 0 spiro atoms. The molecule has 0 radical (unpaired) electrons. The van der Waals surface area contributed by atoms with Crippen LogP contribution in [0.1, 0.15) is 149 Å². The monoisotopic (exact) mass is 596 g/mol. The van der Waals surface area contributed by atoms with Crippen molar-refractivity contribution < 1.29 is 19.1 Å². The predicted octanol–water partition coefficient (Wildman–Crippen LogP) is 11.6. The summed E-state index contributed by atoms with van der Waals surface area (Å²) < 4.78 is 10.5. The van der Waals surface area contributed by atoms with Crippen molar-refractivity contribution in [1.29, 1.82) is 0 Å². The molecule has 0 bridgehead atoms. The maximum atomic E-state index is 11.9. The zero-order chi connectivity index (χ0) is 31.3. The van der Waals surface area contributed by atoms with Gasteiger partial charge in [-0.2, -0.15) is 0 Å². The second-order valence-electron chi connectivity index (χ2n) is 11.0. The van der Waals surface area contributed by atoms with Crippen molar-refractivity contribution in [2.45, 2.75) is 149 Å². The molecule has 0 unspecified atom stereocenters. The first kappa shape index (κ1) is 40.4. The molecule has 0 aliphatic heterocycles. The molecule has 244 valence electrons. The number of hydrogen-bond acceptors (Lipinski definition) is 4. The van der Waals surface area contributed by atoms with Gasteiger partial charge in [0.1, 0.15) is 0 Å². The normalized spacial score (nSPS) is 12.3. The van der Waals surface area contributed by atoms with E-state index in [0.29, 0.717) is 32.5 Å². The molecule has 0 aliphatic carbocycles. The number of carbonyl (C=O) groups excluding carboxylic acids is 2. The van der Waals surface area contributed by atoms with Crippen LogP contribution in [0.5, 0.6) is 0 Å². The summed E-state index contributed by atoms with van der Waals surface area (Å²) >= 11 is 0. The summed E-state index contributed by atoms with van der Waals surface area (Å²) in [6.45, 7) is 4.95. The van der Waals surface area contributed by atoms with Crippen LogP contribution in [0.15, 0.2) is 72.9 Å². The zero-order valence-electron chi connectivity index (χ0n) is 27.8. The number of unbranched alkanes of at least 4 members (excludes halogenated alkanes) is 10. The summed E-state index contributed by atoms with van der Waals surface area (Å²) in [5, 5.41) is 0. The molecular formula is C39H64O4. The van der Waals surface area contributed by atoms with Crippen molar-refractivity contribution in [2.75, 3.05) is 13.2 Å². The maximum absolute atomic E-state index is 11.9. The molecule has 0 N–H and O–H groups in total. The lowest BCUT2D eigenvalue weighted by Gasteiger charge is -2.06. The summed E-state index contributed by atoms with van der Waals surface area (Å²) in [6, 6.07) is 0. The smallest absolute Gasteiger partial charge is 0.305 e. The Kier molecular flexibility index (Phi) is 33.4. The minimum atomic E-state index is -0.143. The highest BCUT2D eigenvalue weighted by Crippen LogP contribution is 2.10. The fourth-order valence-corrected chi connectivity index (χ4v) is 4.35. The topological polar surface area (TPSA) is 52.6 Å². The quantitative estimate of drug-likeness (QED) is 0.0470. The third-order valence-electron chi connectivity index (χ3n) is 6.88. The van der Waals surface area contributed by atoms with E-state index >= 15 is 0 Å². The molecule has 4 heteroatoms. The van der Waals surface area contributed by atoms with Crippen molar-refractivity contribution >= 4 is 11.9 Å². The van der Waals surface area contributed by atoms with Gasteiger partial charge in [-0.3, -0.25) is 9.59 Å². The molecule has 0 fully saturated rings. The second kappa shape index (κ2) is 35.6. The Hall–Kier alpha value is -2.62. The van der Waals surface area contributed by atoms with E-state index in [0.717, 1.165) is 89.9 Å². The lowest BCUT2D eigenvalue weighted by molar-refractivity contribution is -0.146. The standard InChI is InChI=1S/C39H64O4/c1-3-5-7-9-11-13-15-17-19-21-23-25-27-29-31-34-38(40)42-36-33-37-43-39(41)35-32-30-28-26-24-22-20-18-16-14-12-10-8-6-4-2/h5-8,11-14,17-20H,3-4,9-10,15-16,21-37H2,1-2H3. The van der Waals surface area contributed by atoms with Gasteiger partial charge in [0, 0.05) is 19.3 Å². The number of ether oxygens (including phenoxy) is 2. The van der Waals surface area contributed by atoms with Gasteiger partial charge in [0.25, 0.3) is 0 Å². The molecule has 0 atom stereocenters. The van der Waals surface area contributed by atoms with Gasteiger partial charge in [-0.1, -0.05) is 125 Å². The first-order valence-corrected chi connectivity index (χ1v) is 17.4. The fourth-order valence-electron chi connectivity index (χ4n) is 4.35. The van der Waals surface area contributed by atoms with E-state index in [2.05, 4.69) is 86.8 Å². The van der Waals surface area contributed by atoms with Gasteiger partial charge in [0.2, 0.25) is 0 Å². The van der Waals surface area contributed by atoms with E-state index in [4.69, 9.17) is 9.47 Å². The van der Waals surface area contributed by atoms with Crippen molar-refractivity contribution in [2.24, 2.45) is 0 Å². The molecule has 0 rings (SSSR count). The van der Waals surface area contributed by atoms with E-state index in [1.54, 1.807) is 0 Å². The molecule has 0 aromatic carbocycles. The van der Waals surface area contributed by atoms with Crippen molar-refractivity contribution in [3.8, 4) is 0 Å². The molecule has 0 amide bonds. The molecular weight excluding hydrogens is 532 g/mol. The van der Waals surface area contributed by atoms with Gasteiger partial charge in [-0.15, -0.1) is 0 Å². The first-order chi connectivity index (χ1) is 21.2. The lowest BCUT2D eigenvalue weighted by Crippen LogP contribution is -2.10. The molecule has 0 saturated heterocycles. The molecule has 0 aromatic heterocycles. The fraction of sp³-hybridized carbons (Fsp3) is 0.641. The zero-order valence-corrected chi connectivity index (χ0v) is 27.8. The van der Waals surface area contributed by atoms with Crippen LogP contribution in [-0.2, 0) is 19.1 Å². The Labute approximate surface area is 265 Å². The Morgan fingerprint density at radius 1 is 0.395 bits per heavy atom. The van der Waals surface area contributed by atoms with Crippen molar-refractivity contribution in [3.05, 3.63) is 72.9 Å². The van der Waals surface area contributed by atoms with Gasteiger partial charge in [0.05, 0.1) is 13.2 Å². The van der Waals surface area contributed by atoms with Crippen LogP contribution < -0.4 is 0 Å². The molecule has 4 nitrogen and oxygen atoms in total. The van der Waals surface area contributed by atoms with E-state index in [1.807, 2.05) is 0 Å². The van der Waals surface area contributed by atoms with E-state index in [-0.39, 0.29) is 11.9 Å². The highest BCUT2D eigenvalue weighted by molar-refractivity contribution is 5.69. The van der Waals surface area contributed by atoms with Crippen LogP contribution in [0, 0.1) is 0 Å². The minimum Gasteiger partial charge on any atom is -0.466 e. The van der Waals surface area contributed by atoms with Crippen LogP contribution in [-0.4, -0.2) is 25.2 Å². The van der Waals surface area contributed by atoms with Crippen LogP contribution >= 0.6 is 0 Å². The average Bonchev–Trinajstić information content (AvgIpc) is 3.00. The number of hydrogen-bond donors (Lipinski definition) is 0. The summed E-state index contributed by atoms with van der Waals surface area (Å²) in [5.41, 5.74) is 0. The van der Waals surface area contributed by atoms with Crippen LogP contribution in [0.25, 0.3) is 0 Å². The van der Waals surface area contributed by atoms with Crippen molar-refractivity contribution in [1.82, 2.24) is 0 Å². The molecule has 0 aliphatic rings. The van der Waals surface area contributed by atoms with Gasteiger partial charge < -0.3 is 9.47 Å². The minimum absolute atomic E-state index is 0.143. The molecule has 0 aromatic rings. The van der Waals surface area contributed by atoms with Crippen LogP contribution in [0.3, 0.4) is 0 Å². The van der Waals surface area contributed by atoms with Gasteiger partial charge in [-0.05, 0) is 77.0 Å². The van der Waals surface area contributed by atoms with Gasteiger partial charge in [0.15, 0.2) is 0 Å². The van der Waals surface area contributed by atoms with Gasteiger partial charge in [-0.25, -0.2) is 0 Å². The largest absolute Gasteiger partial charge is 0.466 e. The molecule has 0 heterocycles. The SMILES string of the molecule is CCC=CCC=CCC=CCCCCCCCC(=O)OCCCOC(=O)CCCCCCCC=CCC=CCC=CCC. The summed E-state index contributed by atoms with van der Waals surface area (Å²) in [5.74, 6) is -0.286. The number of carbonyl (C=O) groups is 2. The van der Waals surface area contributed by atoms with E-state index < -0.39 is 0 Å². The highest BCUT2D eigenvalue weighted by Gasteiger charge is 2.05. The Morgan fingerprint density at radius 2 is 0.721 bits per heavy atom. The van der Waals surface area contributed by atoms with E-state index in [1.165, 1.54) is 25.7 Å². The summed E-state index contributed by atoms with van der Waals surface area (Å²) in [6.07, 6.45) is 47.8. The Balaban J connectivity index is 3.41. The number of rotatable bonds is 30. The van der Waals surface area contributed by atoms with Crippen LogP contribution in [0.2, 0.25) is 0 Å². The summed E-state index contributed by atoms with van der Waals surface area (Å²) in [4.78, 5) is 23.8. The van der Waals surface area contributed by atoms with E-state index in [9.17, 15) is 9.59 Å². The Bertz CT molecular complexity index is 734. The highest BCUT2D eigenvalue weighted by atomic mass is 16.5. The average molecular weight is 597 g/mol. The van der Waals surface area contributed by atoms with Gasteiger partial charge >= 0.3 is 11.9 Å². The van der Waals surface area contributed by atoms with Crippen LogP contribution in [0.4, 0.5) is 0 Å². The third-order valence-corrected chi connectivity index (χ3v) is 6.88.